The summed E-state index contributed by atoms with van der Waals surface area (Å²) >= 11 is 0. The normalized spacial score (nSPS) is 19.3. The van der Waals surface area contributed by atoms with Crippen LogP contribution >= 0.6 is 0 Å². The maximum atomic E-state index is 14.2. The van der Waals surface area contributed by atoms with Crippen molar-refractivity contribution in [3.8, 4) is 11.4 Å². The summed E-state index contributed by atoms with van der Waals surface area (Å²) in [5.41, 5.74) is 0.397. The first kappa shape index (κ1) is 16.2. The molecule has 2 saturated carbocycles. The molecule has 2 atom stereocenters. The van der Waals surface area contributed by atoms with Crippen LogP contribution in [0.2, 0.25) is 0 Å². The van der Waals surface area contributed by atoms with Crippen LogP contribution in [-0.4, -0.2) is 27.0 Å². The maximum absolute atomic E-state index is 14.2. The Morgan fingerprint density at radius 2 is 1.40 bits per heavy atom. The second kappa shape index (κ2) is 6.58. The zero-order valence-electron chi connectivity index (χ0n) is 14.7. The molecule has 0 aliphatic heterocycles. The van der Waals surface area contributed by atoms with E-state index in [4.69, 9.17) is 0 Å². The lowest BCUT2D eigenvalue weighted by Gasteiger charge is -2.17. The number of halogens is 1. The minimum absolute atomic E-state index is 0.310. The van der Waals surface area contributed by atoms with Crippen molar-refractivity contribution in [3.63, 3.8) is 0 Å². The Balaban J connectivity index is 1.64. The Morgan fingerprint density at radius 1 is 0.880 bits per heavy atom. The van der Waals surface area contributed by atoms with Crippen LogP contribution < -0.4 is 10.6 Å². The van der Waals surface area contributed by atoms with Crippen LogP contribution in [0.25, 0.3) is 11.4 Å². The molecule has 0 spiro atoms. The molecule has 0 saturated heterocycles. The Labute approximate surface area is 147 Å². The number of nitrogens with zero attached hydrogens (tertiary/aromatic N) is 3. The van der Waals surface area contributed by atoms with Crippen molar-refractivity contribution in [2.24, 2.45) is 11.8 Å². The lowest BCUT2D eigenvalue weighted by Crippen LogP contribution is -2.23. The Kier molecular flexibility index (Phi) is 4.27. The molecular weight excluding hydrogens is 317 g/mol. The second-order valence-electron chi connectivity index (χ2n) is 7.33. The van der Waals surface area contributed by atoms with Gasteiger partial charge in [-0.15, -0.1) is 0 Å². The predicted octanol–water partition coefficient (Wildman–Crippen LogP) is 4.10. The zero-order valence-corrected chi connectivity index (χ0v) is 14.7. The fraction of sp³-hybridized carbons (Fsp3) is 0.526. The maximum Gasteiger partial charge on any atom is 0.228 e. The molecule has 0 radical (unpaired) electrons. The van der Waals surface area contributed by atoms with Gasteiger partial charge in [-0.3, -0.25) is 0 Å². The van der Waals surface area contributed by atoms with E-state index in [9.17, 15) is 4.39 Å². The number of anilines is 2. The summed E-state index contributed by atoms with van der Waals surface area (Å²) in [4.78, 5) is 13.5. The smallest absolute Gasteiger partial charge is 0.228 e. The largest absolute Gasteiger partial charge is 0.351 e. The molecule has 2 aliphatic carbocycles. The van der Waals surface area contributed by atoms with Gasteiger partial charge in [0.2, 0.25) is 11.9 Å². The van der Waals surface area contributed by atoms with Gasteiger partial charge in [0.05, 0.1) is 5.56 Å². The first-order chi connectivity index (χ1) is 12.1. The molecule has 0 amide bonds. The molecule has 2 aromatic rings. The first-order valence-electron chi connectivity index (χ1n) is 9.14. The minimum Gasteiger partial charge on any atom is -0.351 e. The van der Waals surface area contributed by atoms with E-state index in [1.807, 2.05) is 0 Å². The van der Waals surface area contributed by atoms with Crippen molar-refractivity contribution >= 4 is 11.9 Å². The van der Waals surface area contributed by atoms with Gasteiger partial charge in [-0.25, -0.2) is 4.39 Å². The van der Waals surface area contributed by atoms with Crippen molar-refractivity contribution in [3.05, 3.63) is 30.1 Å². The number of benzene rings is 1. The number of hydrogen-bond donors (Lipinski definition) is 2. The van der Waals surface area contributed by atoms with Crippen LogP contribution in [0.1, 0.15) is 39.5 Å². The van der Waals surface area contributed by atoms with Crippen molar-refractivity contribution < 1.29 is 4.39 Å². The number of nitrogens with one attached hydrogen (secondary N) is 2. The Morgan fingerprint density at radius 3 is 1.88 bits per heavy atom. The molecule has 0 bridgehead atoms. The summed E-state index contributed by atoms with van der Waals surface area (Å²) in [6, 6.07) is 7.21. The van der Waals surface area contributed by atoms with Crippen molar-refractivity contribution in [1.82, 2.24) is 15.0 Å². The fourth-order valence-corrected chi connectivity index (χ4v) is 3.10. The number of rotatable bonds is 7. The highest BCUT2D eigenvalue weighted by Crippen LogP contribution is 2.35. The van der Waals surface area contributed by atoms with E-state index in [1.165, 1.54) is 31.7 Å². The standard InChI is InChI=1S/C19H24FN5/c1-11(13-7-8-13)21-18-23-17(15-5-3-4-6-16(15)20)24-19(25-18)22-12(2)14-9-10-14/h3-6,11-14H,7-10H2,1-2H3,(H2,21,22,23,24,25). The summed E-state index contributed by atoms with van der Waals surface area (Å²) < 4.78 is 14.2. The Hall–Kier alpha value is -2.24. The quantitative estimate of drug-likeness (QED) is 0.794. The second-order valence-corrected chi connectivity index (χ2v) is 7.33. The van der Waals surface area contributed by atoms with Gasteiger partial charge in [-0.05, 0) is 63.5 Å². The molecule has 4 rings (SSSR count). The predicted molar refractivity (Wildman–Crippen MR) is 96.8 cm³/mol. The lowest BCUT2D eigenvalue weighted by atomic mass is 10.2. The van der Waals surface area contributed by atoms with Crippen molar-refractivity contribution in [2.75, 3.05) is 10.6 Å². The highest BCUT2D eigenvalue weighted by molar-refractivity contribution is 5.59. The van der Waals surface area contributed by atoms with Gasteiger partial charge in [0, 0.05) is 12.1 Å². The molecule has 2 aliphatic rings. The van der Waals surface area contributed by atoms with Gasteiger partial charge in [0.25, 0.3) is 0 Å². The molecule has 2 N–H and O–H groups in total. The highest BCUT2D eigenvalue weighted by Gasteiger charge is 2.30. The van der Waals surface area contributed by atoms with Gasteiger partial charge in [-0.1, -0.05) is 12.1 Å². The van der Waals surface area contributed by atoms with E-state index in [0.29, 0.717) is 47.2 Å². The third kappa shape index (κ3) is 3.89. The number of aromatic nitrogens is 3. The monoisotopic (exact) mass is 341 g/mol. The summed E-state index contributed by atoms with van der Waals surface area (Å²) in [5, 5.41) is 6.73. The lowest BCUT2D eigenvalue weighted by molar-refractivity contribution is 0.629. The van der Waals surface area contributed by atoms with Crippen LogP contribution in [0, 0.1) is 17.7 Å². The van der Waals surface area contributed by atoms with E-state index < -0.39 is 0 Å². The number of hydrogen-bond acceptors (Lipinski definition) is 5. The SMILES string of the molecule is CC(Nc1nc(NC(C)C2CC2)nc(-c2ccccc2F)n1)C1CC1. The summed E-state index contributed by atoms with van der Waals surface area (Å²) in [6.45, 7) is 4.29. The van der Waals surface area contributed by atoms with Crippen LogP contribution in [-0.2, 0) is 0 Å². The fourth-order valence-electron chi connectivity index (χ4n) is 3.10. The average molecular weight is 341 g/mol. The highest BCUT2D eigenvalue weighted by atomic mass is 19.1. The molecule has 25 heavy (non-hydrogen) atoms. The minimum atomic E-state index is -0.323. The topological polar surface area (TPSA) is 62.7 Å². The molecular formula is C19H24FN5. The Bertz CT molecular complexity index is 719. The van der Waals surface area contributed by atoms with Gasteiger partial charge in [0.1, 0.15) is 5.82 Å². The van der Waals surface area contributed by atoms with Gasteiger partial charge >= 0.3 is 0 Å². The van der Waals surface area contributed by atoms with Crippen molar-refractivity contribution in [1.29, 1.82) is 0 Å². The van der Waals surface area contributed by atoms with Gasteiger partial charge in [-0.2, -0.15) is 15.0 Å². The summed E-state index contributed by atoms with van der Waals surface area (Å²) in [7, 11) is 0. The van der Waals surface area contributed by atoms with Crippen LogP contribution in [0.5, 0.6) is 0 Å². The molecule has 2 fully saturated rings. The van der Waals surface area contributed by atoms with E-state index >= 15 is 0 Å². The average Bonchev–Trinajstić information content (AvgIpc) is 3.48. The van der Waals surface area contributed by atoms with E-state index in [2.05, 4.69) is 39.4 Å². The third-order valence-corrected chi connectivity index (χ3v) is 5.12. The van der Waals surface area contributed by atoms with E-state index in [1.54, 1.807) is 18.2 Å². The van der Waals surface area contributed by atoms with Crippen LogP contribution in [0.3, 0.4) is 0 Å². The molecule has 132 valence electrons. The van der Waals surface area contributed by atoms with Crippen molar-refractivity contribution in [2.45, 2.75) is 51.6 Å². The molecule has 2 unspecified atom stereocenters. The molecule has 1 aromatic heterocycles. The zero-order chi connectivity index (χ0) is 17.4. The molecule has 6 heteroatoms. The van der Waals surface area contributed by atoms with Crippen LogP contribution in [0.4, 0.5) is 16.3 Å². The summed E-state index contributed by atoms with van der Waals surface area (Å²) in [6.07, 6.45) is 4.96. The molecule has 5 nitrogen and oxygen atoms in total. The van der Waals surface area contributed by atoms with Gasteiger partial charge in [0.15, 0.2) is 5.82 Å². The van der Waals surface area contributed by atoms with Gasteiger partial charge < -0.3 is 10.6 Å². The summed E-state index contributed by atoms with van der Waals surface area (Å²) in [5.74, 6) is 2.42. The molecule has 1 aromatic carbocycles. The molecule has 1 heterocycles. The van der Waals surface area contributed by atoms with E-state index in [-0.39, 0.29) is 5.82 Å². The first-order valence-corrected chi connectivity index (χ1v) is 9.14. The van der Waals surface area contributed by atoms with E-state index in [0.717, 1.165) is 0 Å². The van der Waals surface area contributed by atoms with Crippen LogP contribution in [0.15, 0.2) is 24.3 Å². The third-order valence-electron chi connectivity index (χ3n) is 5.12.